The second-order valence-corrected chi connectivity index (χ2v) is 9.51. The van der Waals surface area contributed by atoms with E-state index in [1.165, 1.54) is 4.90 Å². The number of aromatic amines is 1. The van der Waals surface area contributed by atoms with Gasteiger partial charge in [-0.15, -0.1) is 0 Å². The van der Waals surface area contributed by atoms with Crippen molar-refractivity contribution >= 4 is 11.9 Å². The Morgan fingerprint density at radius 3 is 2.72 bits per heavy atom. The molecule has 1 aromatic heterocycles. The molecule has 1 fully saturated rings. The molecule has 8 nitrogen and oxygen atoms in total. The number of carbonyl (C=O) groups excluding carboxylic acids is 2. The topological polar surface area (TPSA) is 89.0 Å². The average Bonchev–Trinajstić information content (AvgIpc) is 3.47. The predicted octanol–water partition coefficient (Wildman–Crippen LogP) is 1.77. The number of nitrogens with zero attached hydrogens (tertiary/aromatic N) is 2. The smallest absolute Gasteiger partial charge is 0.411 e. The lowest BCUT2D eigenvalue weighted by molar-refractivity contribution is -0.862. The van der Waals surface area contributed by atoms with E-state index < -0.39 is 5.54 Å². The standard InChI is InChI=1S/C24H32N4O4/c1-24(2)22-17(18(25-26-22)13-19(29)20-11-8-12-31-20)14-28(24)23(30)32-21(15-27(3)4)16-9-6-5-7-10-16/h5-7,9-10,20-21H,8,11-15H2,1-4H3,(H,25,26)/p+1. The first-order chi connectivity index (χ1) is 15.3. The highest BCUT2D eigenvalue weighted by molar-refractivity contribution is 5.85. The van der Waals surface area contributed by atoms with Crippen LogP contribution in [0.1, 0.15) is 55.3 Å². The fraction of sp³-hybridized carbons (Fsp3) is 0.542. The van der Waals surface area contributed by atoms with Crippen molar-refractivity contribution in [2.75, 3.05) is 27.2 Å². The van der Waals surface area contributed by atoms with Crippen molar-refractivity contribution in [3.63, 3.8) is 0 Å². The van der Waals surface area contributed by atoms with Gasteiger partial charge in [0.1, 0.15) is 12.6 Å². The number of aromatic nitrogens is 2. The first-order valence-corrected chi connectivity index (χ1v) is 11.3. The fourth-order valence-electron chi connectivity index (χ4n) is 4.57. The van der Waals surface area contributed by atoms with Crippen LogP contribution in [0.2, 0.25) is 0 Å². The van der Waals surface area contributed by atoms with Gasteiger partial charge in [-0.3, -0.25) is 14.8 Å². The minimum atomic E-state index is -0.639. The van der Waals surface area contributed by atoms with E-state index in [-0.39, 0.29) is 30.5 Å². The number of quaternary nitrogens is 1. The average molecular weight is 442 g/mol. The van der Waals surface area contributed by atoms with Crippen molar-refractivity contribution < 1.29 is 24.0 Å². The summed E-state index contributed by atoms with van der Waals surface area (Å²) in [7, 11) is 4.08. The van der Waals surface area contributed by atoms with Crippen LogP contribution in [0.3, 0.4) is 0 Å². The highest BCUT2D eigenvalue weighted by atomic mass is 16.6. The second kappa shape index (κ2) is 9.03. The Morgan fingerprint density at radius 1 is 1.31 bits per heavy atom. The molecule has 8 heteroatoms. The van der Waals surface area contributed by atoms with E-state index in [1.54, 1.807) is 4.90 Å². The number of amides is 1. The van der Waals surface area contributed by atoms with Crippen molar-refractivity contribution in [2.24, 2.45) is 0 Å². The maximum absolute atomic E-state index is 13.3. The quantitative estimate of drug-likeness (QED) is 0.684. The number of nitrogens with one attached hydrogen (secondary N) is 2. The molecule has 0 spiro atoms. The molecular formula is C24H33N4O4+. The Hall–Kier alpha value is -2.71. The Morgan fingerprint density at radius 2 is 2.06 bits per heavy atom. The minimum absolute atomic E-state index is 0.0610. The molecule has 2 N–H and O–H groups in total. The van der Waals surface area contributed by atoms with Gasteiger partial charge in [0.05, 0.1) is 38.3 Å². The molecule has 1 amide bonds. The van der Waals surface area contributed by atoms with Gasteiger partial charge in [-0.1, -0.05) is 30.3 Å². The number of carbonyl (C=O) groups is 2. The van der Waals surface area contributed by atoms with Gasteiger partial charge in [-0.05, 0) is 32.3 Å². The number of Topliss-reactive ketones (excluding diaryl/α,β-unsaturated/α-hetero) is 1. The highest BCUT2D eigenvalue weighted by Gasteiger charge is 2.45. The van der Waals surface area contributed by atoms with Crippen LogP contribution in [-0.2, 0) is 32.8 Å². The molecule has 1 saturated heterocycles. The lowest BCUT2D eigenvalue weighted by Gasteiger charge is -2.32. The summed E-state index contributed by atoms with van der Waals surface area (Å²) in [5.74, 6) is 0.0610. The second-order valence-electron chi connectivity index (χ2n) is 9.51. The largest absolute Gasteiger partial charge is 0.435 e. The van der Waals surface area contributed by atoms with Gasteiger partial charge in [-0.2, -0.15) is 5.10 Å². The summed E-state index contributed by atoms with van der Waals surface area (Å²) in [5, 5.41) is 7.51. The molecule has 3 heterocycles. The molecule has 0 radical (unpaired) electrons. The fourth-order valence-corrected chi connectivity index (χ4v) is 4.57. The molecule has 172 valence electrons. The molecule has 0 bridgehead atoms. The van der Waals surface area contributed by atoms with E-state index in [2.05, 4.69) is 10.2 Å². The SMILES string of the molecule is C[NH+](C)CC(OC(=O)N1Cc2c(n[nH]c2CC(=O)C2CCCO2)C1(C)C)c1ccccc1. The normalized spacial score (nSPS) is 20.4. The molecule has 2 aromatic rings. The summed E-state index contributed by atoms with van der Waals surface area (Å²) in [6, 6.07) is 9.82. The van der Waals surface area contributed by atoms with E-state index in [4.69, 9.17) is 9.47 Å². The van der Waals surface area contributed by atoms with Crippen molar-refractivity contribution in [1.82, 2.24) is 15.1 Å². The third-order valence-corrected chi connectivity index (χ3v) is 6.39. The summed E-state index contributed by atoms with van der Waals surface area (Å²) in [6.45, 7) is 5.59. The number of benzene rings is 1. The van der Waals surface area contributed by atoms with Crippen LogP contribution in [-0.4, -0.2) is 60.3 Å². The molecule has 2 unspecified atom stereocenters. The molecule has 32 heavy (non-hydrogen) atoms. The number of rotatable bonds is 7. The first-order valence-electron chi connectivity index (χ1n) is 11.3. The van der Waals surface area contributed by atoms with Crippen LogP contribution < -0.4 is 4.90 Å². The van der Waals surface area contributed by atoms with Crippen LogP contribution in [0.4, 0.5) is 4.79 Å². The molecule has 0 aliphatic carbocycles. The molecular weight excluding hydrogens is 408 g/mol. The van der Waals surface area contributed by atoms with Gasteiger partial charge in [-0.25, -0.2) is 4.79 Å². The van der Waals surface area contributed by atoms with Gasteiger partial charge in [0.25, 0.3) is 0 Å². The van der Waals surface area contributed by atoms with Crippen LogP contribution in [0.25, 0.3) is 0 Å². The van der Waals surface area contributed by atoms with Gasteiger partial charge in [0.2, 0.25) is 0 Å². The third-order valence-electron chi connectivity index (χ3n) is 6.39. The van der Waals surface area contributed by atoms with Gasteiger partial charge in [0.15, 0.2) is 11.9 Å². The Kier molecular flexibility index (Phi) is 6.35. The predicted molar refractivity (Wildman–Crippen MR) is 118 cm³/mol. The zero-order chi connectivity index (χ0) is 22.9. The van der Waals surface area contributed by atoms with Crippen LogP contribution in [0.5, 0.6) is 0 Å². The zero-order valence-electron chi connectivity index (χ0n) is 19.3. The molecule has 2 atom stereocenters. The summed E-state index contributed by atoms with van der Waals surface area (Å²) >= 11 is 0. The minimum Gasteiger partial charge on any atom is -0.435 e. The summed E-state index contributed by atoms with van der Waals surface area (Å²) in [5.41, 5.74) is 2.80. The van der Waals surface area contributed by atoms with Gasteiger partial charge >= 0.3 is 6.09 Å². The van der Waals surface area contributed by atoms with Crippen LogP contribution >= 0.6 is 0 Å². The van der Waals surface area contributed by atoms with Crippen molar-refractivity contribution in [3.05, 3.63) is 52.8 Å². The van der Waals surface area contributed by atoms with Gasteiger partial charge in [0, 0.05) is 17.9 Å². The van der Waals surface area contributed by atoms with Crippen LogP contribution in [0.15, 0.2) is 30.3 Å². The number of ether oxygens (including phenoxy) is 2. The van der Waals surface area contributed by atoms with Crippen molar-refractivity contribution in [1.29, 1.82) is 0 Å². The molecule has 2 aliphatic heterocycles. The molecule has 1 aromatic carbocycles. The van der Waals surface area contributed by atoms with E-state index in [1.807, 2.05) is 58.3 Å². The monoisotopic (exact) mass is 441 g/mol. The lowest BCUT2D eigenvalue weighted by Crippen LogP contribution is -3.06. The maximum Gasteiger partial charge on any atom is 0.411 e. The molecule has 0 saturated carbocycles. The summed E-state index contributed by atoms with van der Waals surface area (Å²) in [4.78, 5) is 28.8. The van der Waals surface area contributed by atoms with Crippen molar-refractivity contribution in [3.8, 4) is 0 Å². The number of ketones is 1. The Balaban J connectivity index is 1.50. The summed E-state index contributed by atoms with van der Waals surface area (Å²) < 4.78 is 11.5. The third kappa shape index (κ3) is 4.42. The Labute approximate surface area is 188 Å². The van der Waals surface area contributed by atoms with Gasteiger partial charge < -0.3 is 14.4 Å². The number of H-pyrrole nitrogens is 1. The number of likely N-dealkylation sites (N-methyl/N-ethyl adjacent to an activating group) is 1. The van der Waals surface area contributed by atoms with E-state index >= 15 is 0 Å². The number of hydrogen-bond acceptors (Lipinski definition) is 5. The van der Waals surface area contributed by atoms with E-state index in [0.717, 1.165) is 35.4 Å². The van der Waals surface area contributed by atoms with E-state index in [0.29, 0.717) is 19.7 Å². The Bertz CT molecular complexity index is 964. The summed E-state index contributed by atoms with van der Waals surface area (Å²) in [6.07, 6.45) is 0.876. The molecule has 4 rings (SSSR count). The molecule has 2 aliphatic rings. The van der Waals surface area contributed by atoms with Crippen LogP contribution in [0, 0.1) is 0 Å². The first kappa shape index (κ1) is 22.5. The van der Waals surface area contributed by atoms with E-state index in [9.17, 15) is 9.59 Å². The lowest BCUT2D eigenvalue weighted by atomic mass is 9.99. The zero-order valence-corrected chi connectivity index (χ0v) is 19.3. The highest BCUT2D eigenvalue weighted by Crippen LogP contribution is 2.40. The maximum atomic E-state index is 13.3. The van der Waals surface area contributed by atoms with Crippen molar-refractivity contribution in [2.45, 2.75) is 57.4 Å². The number of fused-ring (bicyclic) bond motifs is 1. The number of hydrogen-bond donors (Lipinski definition) is 2.